The molecule has 5 rings (SSSR count). The molecule has 0 bridgehead atoms. The summed E-state index contributed by atoms with van der Waals surface area (Å²) < 4.78 is 15.3. The number of halogens is 1. The monoisotopic (exact) mass is 364 g/mol. The van der Waals surface area contributed by atoms with Gasteiger partial charge >= 0.3 is 0 Å². The first-order valence-corrected chi connectivity index (χ1v) is 10.0. The SMILES string of the molecule is C[C@@H]1C[C@H](C)CN(c2c3c(nc4cc(-c5ccc(F)cc5)nn24)CCC3)C1. The first-order valence-electron chi connectivity index (χ1n) is 10.0. The second kappa shape index (κ2) is 6.32. The highest BCUT2D eigenvalue weighted by molar-refractivity contribution is 5.67. The van der Waals surface area contributed by atoms with Crippen LogP contribution in [0.1, 0.15) is 37.9 Å². The second-order valence-corrected chi connectivity index (χ2v) is 8.37. The third kappa shape index (κ3) is 2.89. The molecule has 0 N–H and O–H groups in total. The van der Waals surface area contributed by atoms with Crippen LogP contribution in [-0.4, -0.2) is 27.7 Å². The molecule has 3 heterocycles. The van der Waals surface area contributed by atoms with Gasteiger partial charge in [0.05, 0.1) is 5.69 Å². The minimum Gasteiger partial charge on any atom is -0.356 e. The van der Waals surface area contributed by atoms with Gasteiger partial charge in [0.2, 0.25) is 0 Å². The van der Waals surface area contributed by atoms with Gasteiger partial charge in [0.1, 0.15) is 11.6 Å². The minimum atomic E-state index is -0.225. The lowest BCUT2D eigenvalue weighted by atomic mass is 9.91. The molecule has 5 heteroatoms. The van der Waals surface area contributed by atoms with Crippen molar-refractivity contribution in [2.24, 2.45) is 11.8 Å². The van der Waals surface area contributed by atoms with E-state index in [0.717, 1.165) is 42.8 Å². The van der Waals surface area contributed by atoms with Crippen LogP contribution in [0.15, 0.2) is 30.3 Å². The molecule has 4 nitrogen and oxygen atoms in total. The third-order valence-corrected chi connectivity index (χ3v) is 5.91. The fourth-order valence-corrected chi connectivity index (χ4v) is 4.89. The molecule has 2 aliphatic rings. The largest absolute Gasteiger partial charge is 0.356 e. The van der Waals surface area contributed by atoms with Crippen molar-refractivity contribution in [2.45, 2.75) is 39.5 Å². The fourth-order valence-electron chi connectivity index (χ4n) is 4.89. The quantitative estimate of drug-likeness (QED) is 0.671. The molecule has 0 unspecified atom stereocenters. The number of aromatic nitrogens is 3. The summed E-state index contributed by atoms with van der Waals surface area (Å²) in [7, 11) is 0. The van der Waals surface area contributed by atoms with Crippen LogP contribution >= 0.6 is 0 Å². The van der Waals surface area contributed by atoms with Crippen LogP contribution in [0.3, 0.4) is 0 Å². The van der Waals surface area contributed by atoms with Gasteiger partial charge in [0.15, 0.2) is 5.65 Å². The number of hydrogen-bond donors (Lipinski definition) is 0. The van der Waals surface area contributed by atoms with E-state index in [1.165, 1.54) is 42.0 Å². The number of anilines is 1. The van der Waals surface area contributed by atoms with E-state index in [9.17, 15) is 4.39 Å². The summed E-state index contributed by atoms with van der Waals surface area (Å²) in [5.41, 5.74) is 5.28. The smallest absolute Gasteiger partial charge is 0.158 e. The molecule has 2 aromatic heterocycles. The average molecular weight is 364 g/mol. The number of aryl methyl sites for hydroxylation is 1. The van der Waals surface area contributed by atoms with E-state index in [0.29, 0.717) is 11.8 Å². The molecule has 1 aromatic carbocycles. The maximum Gasteiger partial charge on any atom is 0.158 e. The molecular formula is C22H25FN4. The third-order valence-electron chi connectivity index (χ3n) is 5.91. The molecular weight excluding hydrogens is 339 g/mol. The van der Waals surface area contributed by atoms with Crippen LogP contribution in [-0.2, 0) is 12.8 Å². The summed E-state index contributed by atoms with van der Waals surface area (Å²) in [4.78, 5) is 7.44. The zero-order valence-electron chi connectivity index (χ0n) is 16.0. The molecule has 0 saturated carbocycles. The number of nitrogens with zero attached hydrogens (tertiary/aromatic N) is 4. The Bertz CT molecular complexity index is 982. The van der Waals surface area contributed by atoms with Crippen LogP contribution in [0.5, 0.6) is 0 Å². The Morgan fingerprint density at radius 1 is 1.04 bits per heavy atom. The Morgan fingerprint density at radius 2 is 1.78 bits per heavy atom. The summed E-state index contributed by atoms with van der Waals surface area (Å²) in [6.07, 6.45) is 4.59. The normalized spacial score (nSPS) is 22.4. The highest BCUT2D eigenvalue weighted by atomic mass is 19.1. The predicted molar refractivity (Wildman–Crippen MR) is 106 cm³/mol. The van der Waals surface area contributed by atoms with Crippen molar-refractivity contribution < 1.29 is 4.39 Å². The van der Waals surface area contributed by atoms with Crippen LogP contribution in [0.4, 0.5) is 10.2 Å². The number of fused-ring (bicyclic) bond motifs is 2. The Balaban J connectivity index is 1.67. The Kier molecular flexibility index (Phi) is 3.92. The van der Waals surface area contributed by atoms with Crippen LogP contribution in [0, 0.1) is 17.7 Å². The lowest BCUT2D eigenvalue weighted by Crippen LogP contribution is -2.40. The number of benzene rings is 1. The van der Waals surface area contributed by atoms with E-state index >= 15 is 0 Å². The maximum atomic E-state index is 13.3. The van der Waals surface area contributed by atoms with E-state index in [4.69, 9.17) is 10.1 Å². The molecule has 1 saturated heterocycles. The van der Waals surface area contributed by atoms with Crippen molar-refractivity contribution in [3.8, 4) is 11.3 Å². The lowest BCUT2D eigenvalue weighted by Gasteiger charge is -2.37. The van der Waals surface area contributed by atoms with Gasteiger partial charge in [-0.25, -0.2) is 9.37 Å². The molecule has 1 aliphatic heterocycles. The van der Waals surface area contributed by atoms with E-state index in [1.807, 2.05) is 10.6 Å². The Morgan fingerprint density at radius 3 is 2.52 bits per heavy atom. The van der Waals surface area contributed by atoms with Crippen molar-refractivity contribution in [3.05, 3.63) is 47.4 Å². The number of rotatable bonds is 2. The molecule has 0 radical (unpaired) electrons. The van der Waals surface area contributed by atoms with Crippen molar-refractivity contribution in [3.63, 3.8) is 0 Å². The van der Waals surface area contributed by atoms with Gasteiger partial charge in [-0.2, -0.15) is 9.61 Å². The zero-order chi connectivity index (χ0) is 18.5. The molecule has 2 atom stereocenters. The Hall–Kier alpha value is -2.43. The van der Waals surface area contributed by atoms with Gasteiger partial charge in [-0.05, 0) is 61.8 Å². The summed E-state index contributed by atoms with van der Waals surface area (Å²) >= 11 is 0. The van der Waals surface area contributed by atoms with Gasteiger partial charge in [-0.15, -0.1) is 0 Å². The molecule has 140 valence electrons. The van der Waals surface area contributed by atoms with Crippen molar-refractivity contribution >= 4 is 11.5 Å². The van der Waals surface area contributed by atoms with Gasteiger partial charge < -0.3 is 4.90 Å². The van der Waals surface area contributed by atoms with E-state index in [-0.39, 0.29) is 5.82 Å². The van der Waals surface area contributed by atoms with Crippen LogP contribution in [0.25, 0.3) is 16.9 Å². The maximum absolute atomic E-state index is 13.3. The van der Waals surface area contributed by atoms with Gasteiger partial charge in [0, 0.05) is 36.0 Å². The lowest BCUT2D eigenvalue weighted by molar-refractivity contribution is 0.353. The molecule has 0 amide bonds. The van der Waals surface area contributed by atoms with Crippen LogP contribution in [0.2, 0.25) is 0 Å². The first-order chi connectivity index (χ1) is 13.1. The van der Waals surface area contributed by atoms with E-state index in [1.54, 1.807) is 12.1 Å². The standard InChI is InChI=1S/C22H25FN4/c1-14-10-15(2)13-26(12-14)22-18-4-3-5-19(18)24-21-11-20(25-27(21)22)16-6-8-17(23)9-7-16/h6-9,11,14-15H,3-5,10,12-13H2,1-2H3/t14-,15+. The molecule has 0 spiro atoms. The highest BCUT2D eigenvalue weighted by Crippen LogP contribution is 2.35. The summed E-state index contributed by atoms with van der Waals surface area (Å²) in [6.45, 7) is 6.83. The molecule has 1 fully saturated rings. The van der Waals surface area contributed by atoms with Crippen molar-refractivity contribution in [1.82, 2.24) is 14.6 Å². The van der Waals surface area contributed by atoms with Crippen LogP contribution < -0.4 is 4.90 Å². The Labute approximate surface area is 159 Å². The first kappa shape index (κ1) is 16.7. The van der Waals surface area contributed by atoms with E-state index < -0.39 is 0 Å². The summed E-state index contributed by atoms with van der Waals surface area (Å²) in [5.74, 6) is 2.37. The molecule has 1 aliphatic carbocycles. The van der Waals surface area contributed by atoms with Crippen molar-refractivity contribution in [2.75, 3.05) is 18.0 Å². The number of piperidine rings is 1. The van der Waals surface area contributed by atoms with E-state index in [2.05, 4.69) is 18.7 Å². The summed E-state index contributed by atoms with van der Waals surface area (Å²) in [5, 5.41) is 4.91. The fraction of sp³-hybridized carbons (Fsp3) is 0.455. The van der Waals surface area contributed by atoms with Gasteiger partial charge in [-0.1, -0.05) is 13.8 Å². The topological polar surface area (TPSA) is 33.4 Å². The summed E-state index contributed by atoms with van der Waals surface area (Å²) in [6, 6.07) is 8.58. The van der Waals surface area contributed by atoms with Gasteiger partial charge in [-0.3, -0.25) is 0 Å². The molecule has 3 aromatic rings. The predicted octanol–water partition coefficient (Wildman–Crippen LogP) is 4.51. The molecule has 27 heavy (non-hydrogen) atoms. The average Bonchev–Trinajstić information content (AvgIpc) is 3.25. The number of hydrogen-bond acceptors (Lipinski definition) is 3. The second-order valence-electron chi connectivity index (χ2n) is 8.37. The minimum absolute atomic E-state index is 0.225. The van der Waals surface area contributed by atoms with Crippen molar-refractivity contribution in [1.29, 1.82) is 0 Å². The highest BCUT2D eigenvalue weighted by Gasteiger charge is 2.29. The van der Waals surface area contributed by atoms with Gasteiger partial charge in [0.25, 0.3) is 0 Å². The zero-order valence-corrected chi connectivity index (χ0v) is 16.0.